The molecule has 2 rings (SSSR count). The Morgan fingerprint density at radius 1 is 1.35 bits per heavy atom. The molecule has 0 N–H and O–H groups in total. The van der Waals surface area contributed by atoms with Crippen LogP contribution in [0.1, 0.15) is 50.3 Å². The average Bonchev–Trinajstić information content (AvgIpc) is 2.27. The molecule has 2 heteroatoms. The molecule has 1 heterocycles. The molecule has 0 saturated carbocycles. The highest BCUT2D eigenvalue weighted by molar-refractivity contribution is 5.74. The highest BCUT2D eigenvalue weighted by Crippen LogP contribution is 2.26. The number of carbonyl (C=O) groups is 1. The van der Waals surface area contributed by atoms with Gasteiger partial charge in [0.2, 0.25) is 5.91 Å². The summed E-state index contributed by atoms with van der Waals surface area (Å²) in [6.07, 6.45) is 0.979. The van der Waals surface area contributed by atoms with Crippen molar-refractivity contribution in [2.24, 2.45) is 0 Å². The van der Waals surface area contributed by atoms with Crippen molar-refractivity contribution in [2.45, 2.75) is 52.6 Å². The number of hydrogen-bond acceptors (Lipinski definition) is 1. The van der Waals surface area contributed by atoms with Crippen LogP contribution in [0, 0.1) is 0 Å². The summed E-state index contributed by atoms with van der Waals surface area (Å²) in [5.41, 5.74) is 4.09. The lowest BCUT2D eigenvalue weighted by Crippen LogP contribution is -2.41. The summed E-state index contributed by atoms with van der Waals surface area (Å²) in [6, 6.07) is 7.05. The minimum absolute atomic E-state index is 0.179. The molecule has 1 aromatic carbocycles. The maximum Gasteiger partial charge on any atom is 0.219 e. The van der Waals surface area contributed by atoms with E-state index in [-0.39, 0.29) is 5.91 Å². The van der Waals surface area contributed by atoms with E-state index < -0.39 is 0 Å². The van der Waals surface area contributed by atoms with Gasteiger partial charge in [0.25, 0.3) is 0 Å². The lowest BCUT2D eigenvalue weighted by Gasteiger charge is -2.34. The largest absolute Gasteiger partial charge is 0.336 e. The van der Waals surface area contributed by atoms with Crippen LogP contribution in [0.5, 0.6) is 0 Å². The maximum absolute atomic E-state index is 11.6. The van der Waals surface area contributed by atoms with Gasteiger partial charge in [0.1, 0.15) is 0 Å². The van der Waals surface area contributed by atoms with Crippen LogP contribution in [-0.4, -0.2) is 16.8 Å². The van der Waals surface area contributed by atoms with E-state index in [0.717, 1.165) is 13.0 Å². The van der Waals surface area contributed by atoms with Crippen molar-refractivity contribution in [3.8, 4) is 0 Å². The zero-order chi connectivity index (χ0) is 12.6. The molecule has 1 unspecified atom stereocenters. The Bertz CT molecular complexity index is 437. The number of benzene rings is 1. The predicted molar refractivity (Wildman–Crippen MR) is 69.9 cm³/mol. The van der Waals surface area contributed by atoms with Gasteiger partial charge in [0, 0.05) is 19.5 Å². The molecular weight excluding hydrogens is 210 g/mol. The Hall–Kier alpha value is -1.31. The summed E-state index contributed by atoms with van der Waals surface area (Å²) in [5.74, 6) is 0.725. The second-order valence-electron chi connectivity index (χ2n) is 5.38. The second-order valence-corrected chi connectivity index (χ2v) is 5.38. The van der Waals surface area contributed by atoms with Gasteiger partial charge in [-0.3, -0.25) is 4.79 Å². The number of nitrogens with zero attached hydrogens (tertiary/aromatic N) is 1. The fraction of sp³-hybridized carbons (Fsp3) is 0.533. The van der Waals surface area contributed by atoms with Gasteiger partial charge in [0.05, 0.1) is 0 Å². The minimum atomic E-state index is 0.179. The van der Waals surface area contributed by atoms with Gasteiger partial charge in [-0.15, -0.1) is 0 Å². The summed E-state index contributed by atoms with van der Waals surface area (Å²) in [5, 5.41) is 0. The first-order valence-electron chi connectivity index (χ1n) is 6.38. The number of rotatable bonds is 1. The molecular formula is C15H21NO. The van der Waals surface area contributed by atoms with Crippen LogP contribution in [0.4, 0.5) is 0 Å². The Kier molecular flexibility index (Phi) is 3.23. The molecule has 0 spiro atoms. The summed E-state index contributed by atoms with van der Waals surface area (Å²) < 4.78 is 0. The Morgan fingerprint density at radius 2 is 2.06 bits per heavy atom. The second kappa shape index (κ2) is 4.52. The van der Waals surface area contributed by atoms with Crippen molar-refractivity contribution in [3.05, 3.63) is 34.9 Å². The predicted octanol–water partition coefficient (Wildman–Crippen LogP) is 3.10. The summed E-state index contributed by atoms with van der Waals surface area (Å²) in [4.78, 5) is 13.5. The summed E-state index contributed by atoms with van der Waals surface area (Å²) >= 11 is 0. The number of hydrogen-bond donors (Lipinski definition) is 0. The number of carbonyl (C=O) groups excluding carboxylic acids is 1. The quantitative estimate of drug-likeness (QED) is 0.727. The zero-order valence-corrected chi connectivity index (χ0v) is 11.2. The molecule has 1 atom stereocenters. The van der Waals surface area contributed by atoms with E-state index in [2.05, 4.69) is 39.0 Å². The normalized spacial score (nSPS) is 19.4. The van der Waals surface area contributed by atoms with Crippen molar-refractivity contribution in [3.63, 3.8) is 0 Å². The zero-order valence-electron chi connectivity index (χ0n) is 11.2. The van der Waals surface area contributed by atoms with Gasteiger partial charge in [-0.1, -0.05) is 32.0 Å². The molecule has 1 aromatic rings. The Morgan fingerprint density at radius 3 is 2.65 bits per heavy atom. The molecule has 0 aromatic heterocycles. The molecule has 0 fully saturated rings. The first-order valence-corrected chi connectivity index (χ1v) is 6.38. The van der Waals surface area contributed by atoms with Gasteiger partial charge in [-0.2, -0.15) is 0 Å². The van der Waals surface area contributed by atoms with E-state index in [9.17, 15) is 4.79 Å². The summed E-state index contributed by atoms with van der Waals surface area (Å²) in [7, 11) is 0. The Balaban J connectivity index is 2.33. The van der Waals surface area contributed by atoms with Crippen LogP contribution < -0.4 is 0 Å². The van der Waals surface area contributed by atoms with E-state index in [1.807, 2.05) is 4.90 Å². The lowest BCUT2D eigenvalue weighted by atomic mass is 9.90. The van der Waals surface area contributed by atoms with Crippen molar-refractivity contribution in [1.29, 1.82) is 0 Å². The average molecular weight is 231 g/mol. The van der Waals surface area contributed by atoms with Gasteiger partial charge in [-0.05, 0) is 36.0 Å². The molecule has 1 aliphatic rings. The molecule has 1 aliphatic heterocycles. The SMILES string of the molecule is CC(=O)N1Cc2cc(C(C)C)ccc2CC1C. The molecule has 92 valence electrons. The fourth-order valence-electron chi connectivity index (χ4n) is 2.54. The number of fused-ring (bicyclic) bond motifs is 1. The van der Waals surface area contributed by atoms with Crippen LogP contribution in [0.15, 0.2) is 18.2 Å². The van der Waals surface area contributed by atoms with Gasteiger partial charge >= 0.3 is 0 Å². The van der Waals surface area contributed by atoms with Gasteiger partial charge in [0.15, 0.2) is 0 Å². The summed E-state index contributed by atoms with van der Waals surface area (Å²) in [6.45, 7) is 8.97. The van der Waals surface area contributed by atoms with Crippen molar-refractivity contribution < 1.29 is 4.79 Å². The third kappa shape index (κ3) is 2.36. The van der Waals surface area contributed by atoms with E-state index in [1.165, 1.54) is 16.7 Å². The third-order valence-corrected chi connectivity index (χ3v) is 3.69. The minimum Gasteiger partial charge on any atom is -0.336 e. The molecule has 0 saturated heterocycles. The molecule has 17 heavy (non-hydrogen) atoms. The van der Waals surface area contributed by atoms with Crippen molar-refractivity contribution >= 4 is 5.91 Å². The topological polar surface area (TPSA) is 20.3 Å². The standard InChI is InChI=1S/C15H21NO/c1-10(2)13-5-6-14-7-11(3)16(12(4)17)9-15(14)8-13/h5-6,8,10-11H,7,9H2,1-4H3. The maximum atomic E-state index is 11.6. The molecule has 0 aliphatic carbocycles. The molecule has 0 radical (unpaired) electrons. The molecule has 2 nitrogen and oxygen atoms in total. The molecule has 1 amide bonds. The fourth-order valence-corrected chi connectivity index (χ4v) is 2.54. The van der Waals surface area contributed by atoms with Crippen LogP contribution >= 0.6 is 0 Å². The molecule has 0 bridgehead atoms. The monoisotopic (exact) mass is 231 g/mol. The van der Waals surface area contributed by atoms with Crippen LogP contribution in [0.25, 0.3) is 0 Å². The first kappa shape index (κ1) is 12.2. The first-order chi connectivity index (χ1) is 7.99. The van der Waals surface area contributed by atoms with Crippen molar-refractivity contribution in [1.82, 2.24) is 4.90 Å². The van der Waals surface area contributed by atoms with Crippen molar-refractivity contribution in [2.75, 3.05) is 0 Å². The highest BCUT2D eigenvalue weighted by Gasteiger charge is 2.24. The van der Waals surface area contributed by atoms with E-state index in [1.54, 1.807) is 6.92 Å². The van der Waals surface area contributed by atoms with Gasteiger partial charge < -0.3 is 4.90 Å². The third-order valence-electron chi connectivity index (χ3n) is 3.69. The van der Waals surface area contributed by atoms with E-state index in [0.29, 0.717) is 12.0 Å². The smallest absolute Gasteiger partial charge is 0.219 e. The van der Waals surface area contributed by atoms with Crippen LogP contribution in [-0.2, 0) is 17.8 Å². The van der Waals surface area contributed by atoms with Crippen LogP contribution in [0.3, 0.4) is 0 Å². The Labute approximate surface area is 104 Å². The van der Waals surface area contributed by atoms with E-state index >= 15 is 0 Å². The van der Waals surface area contributed by atoms with Gasteiger partial charge in [-0.25, -0.2) is 0 Å². The van der Waals surface area contributed by atoms with E-state index in [4.69, 9.17) is 0 Å². The lowest BCUT2D eigenvalue weighted by molar-refractivity contribution is -0.131. The number of amides is 1. The van der Waals surface area contributed by atoms with Crippen LogP contribution in [0.2, 0.25) is 0 Å². The highest BCUT2D eigenvalue weighted by atomic mass is 16.2.